The summed E-state index contributed by atoms with van der Waals surface area (Å²) in [7, 11) is -1.86. The van der Waals surface area contributed by atoms with Crippen molar-refractivity contribution >= 4 is 21.7 Å². The van der Waals surface area contributed by atoms with Crippen molar-refractivity contribution in [1.82, 2.24) is 9.62 Å². The van der Waals surface area contributed by atoms with Crippen molar-refractivity contribution in [2.45, 2.75) is 12.8 Å². The number of Topliss-reactive ketones (excluding diaryl/α,β-unsaturated/α-hetero) is 1. The highest BCUT2D eigenvalue weighted by atomic mass is 32.2. The minimum absolute atomic E-state index is 0.0163. The van der Waals surface area contributed by atoms with Gasteiger partial charge < -0.3 is 14.8 Å². The van der Waals surface area contributed by atoms with E-state index in [9.17, 15) is 18.0 Å². The summed E-state index contributed by atoms with van der Waals surface area (Å²) in [5.74, 6) is -0.000846. The van der Waals surface area contributed by atoms with E-state index in [4.69, 9.17) is 9.47 Å². The molecule has 0 unspecified atom stereocenters. The van der Waals surface area contributed by atoms with Gasteiger partial charge in [0.1, 0.15) is 5.75 Å². The molecule has 1 fully saturated rings. The summed E-state index contributed by atoms with van der Waals surface area (Å²) in [4.78, 5) is 23.9. The number of carbonyl (C=O) groups is 2. The smallest absolute Gasteiger partial charge is 0.220 e. The predicted molar refractivity (Wildman–Crippen MR) is 95.7 cm³/mol. The fourth-order valence-corrected chi connectivity index (χ4v) is 3.83. The van der Waals surface area contributed by atoms with Crippen molar-refractivity contribution in [2.75, 3.05) is 45.7 Å². The van der Waals surface area contributed by atoms with E-state index < -0.39 is 10.0 Å². The van der Waals surface area contributed by atoms with Crippen molar-refractivity contribution in [3.63, 3.8) is 0 Å². The Labute approximate surface area is 153 Å². The average molecular weight is 384 g/mol. The van der Waals surface area contributed by atoms with Crippen LogP contribution in [0.15, 0.2) is 24.3 Å². The molecular weight excluding hydrogens is 360 g/mol. The lowest BCUT2D eigenvalue weighted by molar-refractivity contribution is -0.120. The van der Waals surface area contributed by atoms with Crippen LogP contribution >= 0.6 is 0 Å². The molecule has 1 saturated heterocycles. The maximum absolute atomic E-state index is 12.1. The monoisotopic (exact) mass is 384 g/mol. The lowest BCUT2D eigenvalue weighted by Crippen LogP contribution is -2.43. The average Bonchev–Trinajstić information content (AvgIpc) is 2.66. The van der Waals surface area contributed by atoms with Crippen molar-refractivity contribution < 1.29 is 27.5 Å². The zero-order valence-corrected chi connectivity index (χ0v) is 15.6. The van der Waals surface area contributed by atoms with Gasteiger partial charge in [0.2, 0.25) is 15.9 Å². The largest absolute Gasteiger partial charge is 0.497 e. The Hall–Kier alpha value is -1.97. The summed E-state index contributed by atoms with van der Waals surface area (Å²) in [5.41, 5.74) is 0.508. The topological polar surface area (TPSA) is 102 Å². The van der Waals surface area contributed by atoms with Gasteiger partial charge in [0.25, 0.3) is 0 Å². The van der Waals surface area contributed by atoms with E-state index in [1.165, 1.54) is 4.31 Å². The van der Waals surface area contributed by atoms with Gasteiger partial charge in [-0.15, -0.1) is 0 Å². The summed E-state index contributed by atoms with van der Waals surface area (Å²) in [6.07, 6.45) is 0.0802. The number of ether oxygens (including phenoxy) is 2. The Kier molecular flexibility index (Phi) is 7.55. The van der Waals surface area contributed by atoms with Gasteiger partial charge in [-0.3, -0.25) is 9.59 Å². The number of rotatable bonds is 9. The molecule has 1 heterocycles. The zero-order valence-electron chi connectivity index (χ0n) is 14.8. The van der Waals surface area contributed by atoms with E-state index in [1.807, 2.05) is 0 Å². The standard InChI is InChI=1S/C17H24N2O6S/c1-24-15-4-2-14(3-5-15)16(20)6-7-17(21)18-8-13-26(22,23)19-9-11-25-12-10-19/h2-5H,6-13H2,1H3,(H,18,21). The lowest BCUT2D eigenvalue weighted by Gasteiger charge is -2.26. The maximum atomic E-state index is 12.1. The number of methoxy groups -OCH3 is 1. The maximum Gasteiger partial charge on any atom is 0.220 e. The SMILES string of the molecule is COc1ccc(C(=O)CCC(=O)NCCS(=O)(=O)N2CCOCC2)cc1. The molecule has 8 nitrogen and oxygen atoms in total. The molecule has 144 valence electrons. The number of ketones is 1. The van der Waals surface area contributed by atoms with Crippen LogP contribution in [0.5, 0.6) is 5.75 Å². The number of carbonyl (C=O) groups excluding carboxylic acids is 2. The quantitative estimate of drug-likeness (QED) is 0.620. The highest BCUT2D eigenvalue weighted by Crippen LogP contribution is 2.13. The van der Waals surface area contributed by atoms with Gasteiger partial charge in [-0.25, -0.2) is 8.42 Å². The van der Waals surface area contributed by atoms with E-state index >= 15 is 0 Å². The Balaban J connectivity index is 1.70. The molecule has 0 aliphatic carbocycles. The van der Waals surface area contributed by atoms with Gasteiger partial charge in [0.05, 0.1) is 26.1 Å². The summed E-state index contributed by atoms with van der Waals surface area (Å²) >= 11 is 0. The van der Waals surface area contributed by atoms with Crippen LogP contribution in [0.3, 0.4) is 0 Å². The molecule has 1 N–H and O–H groups in total. The first-order chi connectivity index (χ1) is 12.4. The fraction of sp³-hybridized carbons (Fsp3) is 0.529. The molecule has 0 spiro atoms. The van der Waals surface area contributed by atoms with Crippen LogP contribution in [0.2, 0.25) is 0 Å². The molecule has 9 heteroatoms. The van der Waals surface area contributed by atoms with Crippen LogP contribution in [0.1, 0.15) is 23.2 Å². The fourth-order valence-electron chi connectivity index (χ4n) is 2.51. The number of morpholine rings is 1. The van der Waals surface area contributed by atoms with Crippen LogP contribution in [0, 0.1) is 0 Å². The molecule has 0 aromatic heterocycles. The lowest BCUT2D eigenvalue weighted by atomic mass is 10.1. The number of hydrogen-bond donors (Lipinski definition) is 1. The molecule has 1 aliphatic rings. The molecule has 0 saturated carbocycles. The first-order valence-corrected chi connectivity index (χ1v) is 10.0. The Morgan fingerprint density at radius 2 is 1.81 bits per heavy atom. The summed E-state index contributed by atoms with van der Waals surface area (Å²) < 4.78 is 35.8. The Morgan fingerprint density at radius 3 is 2.42 bits per heavy atom. The highest BCUT2D eigenvalue weighted by molar-refractivity contribution is 7.89. The van der Waals surface area contributed by atoms with E-state index in [0.717, 1.165) is 0 Å². The van der Waals surface area contributed by atoms with Crippen LogP contribution < -0.4 is 10.1 Å². The Morgan fingerprint density at radius 1 is 1.15 bits per heavy atom. The van der Waals surface area contributed by atoms with E-state index in [2.05, 4.69) is 5.32 Å². The second-order valence-corrected chi connectivity index (χ2v) is 7.92. The zero-order chi connectivity index (χ0) is 19.0. The van der Waals surface area contributed by atoms with E-state index in [0.29, 0.717) is 37.6 Å². The van der Waals surface area contributed by atoms with Gasteiger partial charge >= 0.3 is 0 Å². The van der Waals surface area contributed by atoms with E-state index in [-0.39, 0.29) is 36.8 Å². The van der Waals surface area contributed by atoms with E-state index in [1.54, 1.807) is 31.4 Å². The second-order valence-electron chi connectivity index (χ2n) is 5.83. The number of amides is 1. The van der Waals surface area contributed by atoms with Crippen LogP contribution in [-0.4, -0.2) is 70.1 Å². The van der Waals surface area contributed by atoms with Crippen LogP contribution in [-0.2, 0) is 19.6 Å². The number of nitrogens with zero attached hydrogens (tertiary/aromatic N) is 1. The second kappa shape index (κ2) is 9.65. The molecule has 0 radical (unpaired) electrons. The summed E-state index contributed by atoms with van der Waals surface area (Å²) in [6.45, 7) is 1.48. The number of nitrogens with one attached hydrogen (secondary N) is 1. The molecule has 1 aromatic carbocycles. The molecular formula is C17H24N2O6S. The third-order valence-corrected chi connectivity index (χ3v) is 5.91. The minimum Gasteiger partial charge on any atom is -0.497 e. The molecule has 2 rings (SSSR count). The first-order valence-electron chi connectivity index (χ1n) is 8.42. The van der Waals surface area contributed by atoms with Crippen molar-refractivity contribution in [3.05, 3.63) is 29.8 Å². The highest BCUT2D eigenvalue weighted by Gasteiger charge is 2.23. The molecule has 0 bridgehead atoms. The number of sulfonamides is 1. The van der Waals surface area contributed by atoms with Crippen molar-refractivity contribution in [2.24, 2.45) is 0 Å². The first kappa shape index (κ1) is 20.3. The van der Waals surface area contributed by atoms with Gasteiger partial charge in [-0.05, 0) is 24.3 Å². The third kappa shape index (κ3) is 6.08. The normalized spacial score (nSPS) is 15.4. The minimum atomic E-state index is -3.40. The van der Waals surface area contributed by atoms with Crippen molar-refractivity contribution in [3.8, 4) is 5.75 Å². The molecule has 0 atom stereocenters. The van der Waals surface area contributed by atoms with Gasteiger partial charge in [-0.1, -0.05) is 0 Å². The predicted octanol–water partition coefficient (Wildman–Crippen LogP) is 0.436. The Bertz CT molecular complexity index is 711. The van der Waals surface area contributed by atoms with Gasteiger partial charge in [0, 0.05) is 38.0 Å². The molecule has 1 aromatic rings. The van der Waals surface area contributed by atoms with Crippen LogP contribution in [0.4, 0.5) is 0 Å². The molecule has 1 aliphatic heterocycles. The number of benzene rings is 1. The third-order valence-electron chi connectivity index (χ3n) is 4.04. The van der Waals surface area contributed by atoms with Gasteiger partial charge in [-0.2, -0.15) is 4.31 Å². The molecule has 1 amide bonds. The summed E-state index contributed by atoms with van der Waals surface area (Å²) in [6, 6.07) is 6.66. The summed E-state index contributed by atoms with van der Waals surface area (Å²) in [5, 5.41) is 2.55. The molecule has 26 heavy (non-hydrogen) atoms. The van der Waals surface area contributed by atoms with Gasteiger partial charge in [0.15, 0.2) is 5.78 Å². The number of hydrogen-bond acceptors (Lipinski definition) is 6. The van der Waals surface area contributed by atoms with Crippen molar-refractivity contribution in [1.29, 1.82) is 0 Å². The van der Waals surface area contributed by atoms with Crippen LogP contribution in [0.25, 0.3) is 0 Å².